The molecule has 0 aliphatic heterocycles. The fourth-order valence-corrected chi connectivity index (χ4v) is 1.86. The second-order valence-corrected chi connectivity index (χ2v) is 4.13. The van der Waals surface area contributed by atoms with Gasteiger partial charge in [0.15, 0.2) is 0 Å². The molecule has 1 aromatic rings. The number of aryl methyl sites for hydroxylation is 1. The molecule has 0 atom stereocenters. The maximum atomic E-state index is 12.1. The minimum atomic E-state index is -2.81. The van der Waals surface area contributed by atoms with E-state index in [1.54, 1.807) is 18.2 Å². The highest BCUT2D eigenvalue weighted by Gasteiger charge is 2.12. The zero-order valence-electron chi connectivity index (χ0n) is 7.85. The largest absolute Gasteiger partial charge is 0.433 e. The van der Waals surface area contributed by atoms with Crippen LogP contribution in [0.1, 0.15) is 12.0 Å². The summed E-state index contributed by atoms with van der Waals surface area (Å²) in [6.45, 7) is -2.81. The molecule has 0 spiro atoms. The minimum Gasteiger partial charge on any atom is -0.433 e. The van der Waals surface area contributed by atoms with Crippen molar-refractivity contribution in [3.05, 3.63) is 28.2 Å². The van der Waals surface area contributed by atoms with E-state index in [9.17, 15) is 8.78 Å². The van der Waals surface area contributed by atoms with Crippen molar-refractivity contribution >= 4 is 27.5 Å². The van der Waals surface area contributed by atoms with Crippen LogP contribution in [0.25, 0.3) is 0 Å². The predicted molar refractivity (Wildman–Crippen MR) is 59.8 cm³/mol. The molecule has 0 radical (unpaired) electrons. The number of ether oxygens (including phenoxy) is 1. The van der Waals surface area contributed by atoms with Crippen LogP contribution >= 0.6 is 27.5 Å². The lowest BCUT2D eigenvalue weighted by Gasteiger charge is -2.11. The highest BCUT2D eigenvalue weighted by atomic mass is 79.9. The molecule has 0 fully saturated rings. The zero-order valence-corrected chi connectivity index (χ0v) is 10.2. The summed E-state index contributed by atoms with van der Waals surface area (Å²) in [5.74, 6) is 0.707. The van der Waals surface area contributed by atoms with Gasteiger partial charge in [-0.05, 0) is 40.4 Å². The molecule has 0 bridgehead atoms. The molecule has 84 valence electrons. The van der Waals surface area contributed by atoms with E-state index < -0.39 is 6.61 Å². The van der Waals surface area contributed by atoms with Crippen LogP contribution in [-0.4, -0.2) is 12.5 Å². The van der Waals surface area contributed by atoms with Crippen molar-refractivity contribution in [2.75, 3.05) is 5.88 Å². The molecule has 15 heavy (non-hydrogen) atoms. The number of para-hydroxylation sites is 1. The Labute approximate surface area is 101 Å². The summed E-state index contributed by atoms with van der Waals surface area (Å²) in [7, 11) is 0. The van der Waals surface area contributed by atoms with Gasteiger partial charge < -0.3 is 4.74 Å². The third-order valence-corrected chi connectivity index (χ3v) is 2.73. The van der Waals surface area contributed by atoms with Crippen molar-refractivity contribution in [1.82, 2.24) is 0 Å². The van der Waals surface area contributed by atoms with Crippen LogP contribution in [0.2, 0.25) is 0 Å². The number of hydrogen-bond donors (Lipinski definition) is 0. The lowest BCUT2D eigenvalue weighted by molar-refractivity contribution is -0.0509. The lowest BCUT2D eigenvalue weighted by Crippen LogP contribution is -2.05. The monoisotopic (exact) mass is 298 g/mol. The topological polar surface area (TPSA) is 9.23 Å². The van der Waals surface area contributed by atoms with Gasteiger partial charge in [0.05, 0.1) is 4.47 Å². The van der Waals surface area contributed by atoms with E-state index in [2.05, 4.69) is 20.7 Å². The van der Waals surface area contributed by atoms with E-state index in [0.29, 0.717) is 16.8 Å². The molecule has 0 amide bonds. The highest BCUT2D eigenvalue weighted by Crippen LogP contribution is 2.31. The predicted octanol–water partition coefficient (Wildman–Crippen LogP) is 4.22. The SMILES string of the molecule is FC(F)Oc1c(Br)cccc1CCCCl. The second-order valence-electron chi connectivity index (χ2n) is 2.90. The standard InChI is InChI=1S/C10H10BrClF2O/c11-8-5-1-3-7(4-2-6-12)9(8)15-10(13)14/h1,3,5,10H,2,4,6H2. The van der Waals surface area contributed by atoms with Crippen molar-refractivity contribution in [3.63, 3.8) is 0 Å². The first-order valence-electron chi connectivity index (χ1n) is 4.43. The van der Waals surface area contributed by atoms with Crippen LogP contribution < -0.4 is 4.74 Å². The van der Waals surface area contributed by atoms with Gasteiger partial charge in [0.25, 0.3) is 0 Å². The quantitative estimate of drug-likeness (QED) is 0.740. The van der Waals surface area contributed by atoms with Gasteiger partial charge in [0, 0.05) is 5.88 Å². The summed E-state index contributed by atoms with van der Waals surface area (Å²) in [5.41, 5.74) is 0.741. The first kappa shape index (κ1) is 12.7. The van der Waals surface area contributed by atoms with Crippen molar-refractivity contribution in [1.29, 1.82) is 0 Å². The summed E-state index contributed by atoms with van der Waals surface area (Å²) in [6, 6.07) is 5.21. The molecule has 0 saturated carbocycles. The van der Waals surface area contributed by atoms with E-state index in [1.165, 1.54) is 0 Å². The molecular weight excluding hydrogens is 289 g/mol. The number of hydrogen-bond acceptors (Lipinski definition) is 1. The van der Waals surface area contributed by atoms with Crippen LogP contribution in [0.15, 0.2) is 22.7 Å². The first-order valence-corrected chi connectivity index (χ1v) is 5.76. The summed E-state index contributed by atoms with van der Waals surface area (Å²) >= 11 is 8.72. The summed E-state index contributed by atoms with van der Waals surface area (Å²) < 4.78 is 29.3. The van der Waals surface area contributed by atoms with Gasteiger partial charge in [-0.2, -0.15) is 8.78 Å². The molecule has 1 nitrogen and oxygen atoms in total. The Morgan fingerprint density at radius 1 is 1.40 bits per heavy atom. The minimum absolute atomic E-state index is 0.206. The maximum absolute atomic E-state index is 12.1. The van der Waals surface area contributed by atoms with Gasteiger partial charge in [-0.25, -0.2) is 0 Å². The van der Waals surface area contributed by atoms with Crippen LogP contribution in [0, 0.1) is 0 Å². The summed E-state index contributed by atoms with van der Waals surface area (Å²) in [4.78, 5) is 0. The van der Waals surface area contributed by atoms with Crippen LogP contribution in [0.5, 0.6) is 5.75 Å². The highest BCUT2D eigenvalue weighted by molar-refractivity contribution is 9.10. The van der Waals surface area contributed by atoms with E-state index in [0.717, 1.165) is 12.0 Å². The third-order valence-electron chi connectivity index (χ3n) is 1.84. The Balaban J connectivity index is 2.87. The van der Waals surface area contributed by atoms with Crippen molar-refractivity contribution in [2.24, 2.45) is 0 Å². The first-order chi connectivity index (χ1) is 7.15. The van der Waals surface area contributed by atoms with Crippen molar-refractivity contribution in [2.45, 2.75) is 19.5 Å². The van der Waals surface area contributed by atoms with E-state index in [1.807, 2.05) is 0 Å². The normalized spacial score (nSPS) is 10.7. The Kier molecular flexibility index (Phi) is 5.32. The molecule has 0 unspecified atom stereocenters. The summed E-state index contributed by atoms with van der Waals surface area (Å²) in [5, 5.41) is 0. The van der Waals surface area contributed by atoms with Crippen LogP contribution in [0.3, 0.4) is 0 Å². The van der Waals surface area contributed by atoms with Gasteiger partial charge in [-0.3, -0.25) is 0 Å². The number of rotatable bonds is 5. The fraction of sp³-hybridized carbons (Fsp3) is 0.400. The van der Waals surface area contributed by atoms with Gasteiger partial charge >= 0.3 is 6.61 Å². The van der Waals surface area contributed by atoms with Gasteiger partial charge in [-0.15, -0.1) is 11.6 Å². The number of halogens is 4. The molecule has 1 aromatic carbocycles. The van der Waals surface area contributed by atoms with E-state index >= 15 is 0 Å². The van der Waals surface area contributed by atoms with Crippen LogP contribution in [-0.2, 0) is 6.42 Å². The lowest BCUT2D eigenvalue weighted by atomic mass is 10.1. The zero-order chi connectivity index (χ0) is 11.3. The second kappa shape index (κ2) is 6.28. The van der Waals surface area contributed by atoms with Crippen molar-refractivity contribution < 1.29 is 13.5 Å². The number of alkyl halides is 3. The summed E-state index contributed by atoms with van der Waals surface area (Å²) in [6.07, 6.45) is 1.36. The molecule has 5 heteroatoms. The molecule has 0 aliphatic rings. The molecule has 0 saturated heterocycles. The molecular formula is C10H10BrClF2O. The molecule has 0 aromatic heterocycles. The average molecular weight is 300 g/mol. The van der Waals surface area contributed by atoms with Gasteiger partial charge in [0.1, 0.15) is 5.75 Å². The third kappa shape index (κ3) is 3.95. The average Bonchev–Trinajstić information content (AvgIpc) is 2.18. The molecule has 0 N–H and O–H groups in total. The molecule has 0 heterocycles. The molecule has 1 rings (SSSR count). The number of benzene rings is 1. The Hall–Kier alpha value is -0.350. The fourth-order valence-electron chi connectivity index (χ4n) is 1.23. The van der Waals surface area contributed by atoms with Gasteiger partial charge in [-0.1, -0.05) is 12.1 Å². The smallest absolute Gasteiger partial charge is 0.387 e. The Bertz CT molecular complexity index is 320. The Morgan fingerprint density at radius 2 is 2.13 bits per heavy atom. The van der Waals surface area contributed by atoms with Crippen LogP contribution in [0.4, 0.5) is 8.78 Å². The van der Waals surface area contributed by atoms with Crippen molar-refractivity contribution in [3.8, 4) is 5.75 Å². The Morgan fingerprint density at radius 3 is 2.73 bits per heavy atom. The van der Waals surface area contributed by atoms with Gasteiger partial charge in [0.2, 0.25) is 0 Å². The van der Waals surface area contributed by atoms with E-state index in [4.69, 9.17) is 11.6 Å². The molecule has 0 aliphatic carbocycles. The maximum Gasteiger partial charge on any atom is 0.387 e. The van der Waals surface area contributed by atoms with E-state index in [-0.39, 0.29) is 5.75 Å².